The van der Waals surface area contributed by atoms with Gasteiger partial charge >= 0.3 is 0 Å². The molecule has 1 aromatic rings. The molecule has 0 fully saturated rings. The Labute approximate surface area is 96.5 Å². The summed E-state index contributed by atoms with van der Waals surface area (Å²) in [6, 6.07) is 0.433. The van der Waals surface area contributed by atoms with Gasteiger partial charge in [-0.05, 0) is 43.8 Å². The van der Waals surface area contributed by atoms with Crippen molar-refractivity contribution in [2.45, 2.75) is 46.1 Å². The fourth-order valence-electron chi connectivity index (χ4n) is 1.63. The Morgan fingerprint density at radius 1 is 1.33 bits per heavy atom. The van der Waals surface area contributed by atoms with E-state index in [0.717, 1.165) is 18.0 Å². The SMILES string of the molecule is CCc1nnsc1C(CCC(C)C)NC. The number of nitrogens with one attached hydrogen (secondary N) is 1. The molecule has 0 aliphatic rings. The zero-order valence-electron chi connectivity index (χ0n) is 10.1. The molecule has 0 saturated heterocycles. The van der Waals surface area contributed by atoms with Gasteiger partial charge in [0.2, 0.25) is 0 Å². The van der Waals surface area contributed by atoms with Crippen LogP contribution >= 0.6 is 11.5 Å². The van der Waals surface area contributed by atoms with Gasteiger partial charge in [-0.2, -0.15) is 0 Å². The van der Waals surface area contributed by atoms with Gasteiger partial charge in [0.1, 0.15) is 0 Å². The van der Waals surface area contributed by atoms with Crippen LogP contribution in [0.2, 0.25) is 0 Å². The Balaban J connectivity index is 2.65. The number of hydrogen-bond donors (Lipinski definition) is 1. The zero-order valence-corrected chi connectivity index (χ0v) is 10.9. The predicted octanol–water partition coefficient (Wildman–Crippen LogP) is 2.80. The Hall–Kier alpha value is -0.480. The largest absolute Gasteiger partial charge is 0.312 e. The fourth-order valence-corrected chi connectivity index (χ4v) is 2.51. The second-order valence-corrected chi connectivity index (χ2v) is 5.04. The van der Waals surface area contributed by atoms with Crippen molar-refractivity contribution in [1.29, 1.82) is 0 Å². The lowest BCUT2D eigenvalue weighted by Crippen LogP contribution is -2.17. The minimum absolute atomic E-state index is 0.433. The first kappa shape index (κ1) is 12.6. The summed E-state index contributed by atoms with van der Waals surface area (Å²) in [5.41, 5.74) is 1.16. The molecule has 3 nitrogen and oxygen atoms in total. The standard InChI is InChI=1S/C11H21N3S/c1-5-9-11(15-14-13-9)10(12-4)7-6-8(2)3/h8,10,12H,5-7H2,1-4H3. The first-order valence-corrected chi connectivity index (χ1v) is 6.44. The Morgan fingerprint density at radius 2 is 2.07 bits per heavy atom. The fraction of sp³-hybridized carbons (Fsp3) is 0.818. The van der Waals surface area contributed by atoms with Crippen molar-refractivity contribution in [2.24, 2.45) is 5.92 Å². The van der Waals surface area contributed by atoms with E-state index in [1.807, 2.05) is 7.05 Å². The number of aryl methyl sites for hydroxylation is 1. The lowest BCUT2D eigenvalue weighted by atomic mass is 10.0. The third kappa shape index (κ3) is 3.54. The molecule has 1 unspecified atom stereocenters. The van der Waals surface area contributed by atoms with E-state index in [9.17, 15) is 0 Å². The van der Waals surface area contributed by atoms with Crippen molar-refractivity contribution in [3.63, 3.8) is 0 Å². The van der Waals surface area contributed by atoms with Crippen LogP contribution in [0.3, 0.4) is 0 Å². The minimum atomic E-state index is 0.433. The van der Waals surface area contributed by atoms with Crippen LogP contribution in [-0.4, -0.2) is 16.6 Å². The van der Waals surface area contributed by atoms with Crippen LogP contribution in [0, 0.1) is 5.92 Å². The molecule has 86 valence electrons. The summed E-state index contributed by atoms with van der Waals surface area (Å²) in [5.74, 6) is 0.756. The average Bonchev–Trinajstić information content (AvgIpc) is 2.66. The van der Waals surface area contributed by atoms with Gasteiger partial charge in [-0.15, -0.1) is 5.10 Å². The molecule has 1 heterocycles. The predicted molar refractivity (Wildman–Crippen MR) is 65.2 cm³/mol. The van der Waals surface area contributed by atoms with E-state index in [2.05, 4.69) is 35.7 Å². The van der Waals surface area contributed by atoms with Crippen molar-refractivity contribution >= 4 is 11.5 Å². The summed E-state index contributed by atoms with van der Waals surface area (Å²) in [6.45, 7) is 6.66. The quantitative estimate of drug-likeness (QED) is 0.812. The third-order valence-corrected chi connectivity index (χ3v) is 3.50. The highest BCUT2D eigenvalue weighted by atomic mass is 32.1. The van der Waals surface area contributed by atoms with E-state index >= 15 is 0 Å². The smallest absolute Gasteiger partial charge is 0.0800 e. The highest BCUT2D eigenvalue weighted by Crippen LogP contribution is 2.25. The van der Waals surface area contributed by atoms with Gasteiger partial charge in [0.25, 0.3) is 0 Å². The molecule has 1 rings (SSSR count). The maximum Gasteiger partial charge on any atom is 0.0800 e. The molecule has 15 heavy (non-hydrogen) atoms. The number of aromatic nitrogens is 2. The van der Waals surface area contributed by atoms with E-state index in [1.54, 1.807) is 0 Å². The van der Waals surface area contributed by atoms with Crippen molar-refractivity contribution in [3.05, 3.63) is 10.6 Å². The molecule has 4 heteroatoms. The molecule has 1 N–H and O–H groups in total. The molecular formula is C11H21N3S. The molecule has 1 aromatic heterocycles. The summed E-state index contributed by atoms with van der Waals surface area (Å²) < 4.78 is 4.04. The van der Waals surface area contributed by atoms with Gasteiger partial charge in [0, 0.05) is 6.04 Å². The molecule has 0 aromatic carbocycles. The van der Waals surface area contributed by atoms with Crippen molar-refractivity contribution in [1.82, 2.24) is 14.9 Å². The monoisotopic (exact) mass is 227 g/mol. The number of rotatable bonds is 6. The molecule has 0 bridgehead atoms. The zero-order chi connectivity index (χ0) is 11.3. The average molecular weight is 227 g/mol. The third-order valence-electron chi connectivity index (χ3n) is 2.62. The van der Waals surface area contributed by atoms with Crippen LogP contribution in [0.15, 0.2) is 0 Å². The molecule has 0 spiro atoms. The van der Waals surface area contributed by atoms with Crippen LogP contribution in [0.4, 0.5) is 0 Å². The number of nitrogens with zero attached hydrogens (tertiary/aromatic N) is 2. The highest BCUT2D eigenvalue weighted by Gasteiger charge is 2.16. The van der Waals surface area contributed by atoms with Gasteiger partial charge in [-0.25, -0.2) is 0 Å². The van der Waals surface area contributed by atoms with Crippen LogP contribution in [0.5, 0.6) is 0 Å². The van der Waals surface area contributed by atoms with Crippen molar-refractivity contribution in [3.8, 4) is 0 Å². The second kappa shape index (κ2) is 6.18. The summed E-state index contributed by atoms with van der Waals surface area (Å²) >= 11 is 1.53. The van der Waals surface area contributed by atoms with Gasteiger partial charge in [0.05, 0.1) is 10.6 Å². The minimum Gasteiger partial charge on any atom is -0.312 e. The summed E-state index contributed by atoms with van der Waals surface area (Å²) in [6.07, 6.45) is 3.39. The Bertz CT molecular complexity index is 283. The Kier molecular flexibility index (Phi) is 5.19. The molecule has 1 atom stereocenters. The van der Waals surface area contributed by atoms with Crippen molar-refractivity contribution in [2.75, 3.05) is 7.05 Å². The first-order valence-electron chi connectivity index (χ1n) is 5.67. The highest BCUT2D eigenvalue weighted by molar-refractivity contribution is 7.05. The lowest BCUT2D eigenvalue weighted by molar-refractivity contribution is 0.467. The van der Waals surface area contributed by atoms with E-state index in [0.29, 0.717) is 6.04 Å². The second-order valence-electron chi connectivity index (χ2n) is 4.25. The topological polar surface area (TPSA) is 37.8 Å². The van der Waals surface area contributed by atoms with Gasteiger partial charge in [-0.1, -0.05) is 25.3 Å². The van der Waals surface area contributed by atoms with Crippen LogP contribution in [-0.2, 0) is 6.42 Å². The summed E-state index contributed by atoms with van der Waals surface area (Å²) in [7, 11) is 2.02. The molecule has 0 radical (unpaired) electrons. The molecule has 0 saturated carbocycles. The van der Waals surface area contributed by atoms with Gasteiger partial charge in [0.15, 0.2) is 0 Å². The van der Waals surface area contributed by atoms with Crippen LogP contribution < -0.4 is 5.32 Å². The molecule has 0 aliphatic heterocycles. The van der Waals surface area contributed by atoms with Gasteiger partial charge < -0.3 is 5.32 Å². The number of hydrogen-bond acceptors (Lipinski definition) is 4. The van der Waals surface area contributed by atoms with E-state index in [1.165, 1.54) is 29.3 Å². The lowest BCUT2D eigenvalue weighted by Gasteiger charge is -2.16. The van der Waals surface area contributed by atoms with E-state index in [-0.39, 0.29) is 0 Å². The normalized spacial score (nSPS) is 13.4. The van der Waals surface area contributed by atoms with Crippen LogP contribution in [0.25, 0.3) is 0 Å². The molecule has 0 aliphatic carbocycles. The first-order chi connectivity index (χ1) is 7.19. The Morgan fingerprint density at radius 3 is 2.60 bits per heavy atom. The summed E-state index contributed by atoms with van der Waals surface area (Å²) in [4.78, 5) is 1.32. The maximum absolute atomic E-state index is 4.16. The summed E-state index contributed by atoms with van der Waals surface area (Å²) in [5, 5.41) is 7.52. The van der Waals surface area contributed by atoms with Gasteiger partial charge in [-0.3, -0.25) is 0 Å². The van der Waals surface area contributed by atoms with Crippen LogP contribution in [0.1, 0.15) is 50.2 Å². The molecular weight excluding hydrogens is 206 g/mol. The van der Waals surface area contributed by atoms with Crippen molar-refractivity contribution < 1.29 is 0 Å². The van der Waals surface area contributed by atoms with E-state index < -0.39 is 0 Å². The molecule has 0 amide bonds. The maximum atomic E-state index is 4.16. The van der Waals surface area contributed by atoms with E-state index in [4.69, 9.17) is 0 Å².